The quantitative estimate of drug-likeness (QED) is 0.629. The number of carbonyl (C=O) groups is 1. The van der Waals surface area contributed by atoms with E-state index in [1.54, 1.807) is 12.4 Å². The molecule has 1 saturated heterocycles. The van der Waals surface area contributed by atoms with Crippen molar-refractivity contribution in [2.45, 2.75) is 45.6 Å². The molecule has 1 N–H and O–H groups in total. The van der Waals surface area contributed by atoms with Crippen LogP contribution in [-0.2, 0) is 0 Å². The zero-order valence-corrected chi connectivity index (χ0v) is 19.9. The van der Waals surface area contributed by atoms with Crippen LogP contribution in [-0.4, -0.2) is 40.0 Å². The number of amides is 2. The van der Waals surface area contributed by atoms with Gasteiger partial charge in [-0.05, 0) is 61.8 Å². The second-order valence-electron chi connectivity index (χ2n) is 9.63. The van der Waals surface area contributed by atoms with E-state index in [0.29, 0.717) is 17.7 Å². The molecule has 6 nitrogen and oxygen atoms in total. The summed E-state index contributed by atoms with van der Waals surface area (Å²) in [5.74, 6) is 2.34. The van der Waals surface area contributed by atoms with Gasteiger partial charge < -0.3 is 15.0 Å². The highest BCUT2D eigenvalue weighted by atomic mass is 16.5. The molecule has 2 aliphatic carbocycles. The number of nitrogens with zero attached hydrogens (tertiary/aromatic N) is 3. The Bertz CT molecular complexity index is 1130. The van der Waals surface area contributed by atoms with Crippen molar-refractivity contribution in [3.05, 3.63) is 77.3 Å². The lowest BCUT2D eigenvalue weighted by atomic mass is 9.96. The van der Waals surface area contributed by atoms with Gasteiger partial charge in [-0.3, -0.25) is 4.98 Å². The number of urea groups is 1. The van der Waals surface area contributed by atoms with Crippen molar-refractivity contribution in [3.63, 3.8) is 0 Å². The van der Waals surface area contributed by atoms with Gasteiger partial charge in [0.05, 0.1) is 18.1 Å². The Labute approximate surface area is 201 Å². The van der Waals surface area contributed by atoms with E-state index in [4.69, 9.17) is 4.74 Å². The zero-order chi connectivity index (χ0) is 23.5. The van der Waals surface area contributed by atoms with Crippen molar-refractivity contribution < 1.29 is 9.53 Å². The number of nitrogens with one attached hydrogen (secondary N) is 1. The second-order valence-corrected chi connectivity index (χ2v) is 9.63. The Hall–Kier alpha value is -3.41. The van der Waals surface area contributed by atoms with E-state index >= 15 is 0 Å². The topological polar surface area (TPSA) is 67.3 Å². The number of ether oxygens (including phenoxy) is 1. The van der Waals surface area contributed by atoms with Crippen LogP contribution in [0.2, 0.25) is 0 Å². The number of aromatic nitrogens is 2. The van der Waals surface area contributed by atoms with Gasteiger partial charge in [-0.15, -0.1) is 0 Å². The lowest BCUT2D eigenvalue weighted by Gasteiger charge is -2.29. The second kappa shape index (κ2) is 9.84. The first-order chi connectivity index (χ1) is 16.5. The Kier molecular flexibility index (Phi) is 6.48. The molecule has 1 saturated carbocycles. The average Bonchev–Trinajstić information content (AvgIpc) is 3.61. The molecule has 34 heavy (non-hydrogen) atoms. The summed E-state index contributed by atoms with van der Waals surface area (Å²) in [5.41, 5.74) is 4.70. The molecule has 2 aromatic rings. The third-order valence-electron chi connectivity index (χ3n) is 6.77. The van der Waals surface area contributed by atoms with Crippen molar-refractivity contribution >= 4 is 12.1 Å². The fraction of sp³-hybridized carbons (Fsp3) is 0.393. The van der Waals surface area contributed by atoms with E-state index in [9.17, 15) is 4.79 Å². The SMILES string of the molecule is Cc1cnc(Oc2cccc(C=C3CCN(C(=O)NC4CC4C4=CCC(C)C=C4)CC3)c2)cn1. The van der Waals surface area contributed by atoms with Crippen LogP contribution in [0.25, 0.3) is 6.08 Å². The summed E-state index contributed by atoms with van der Waals surface area (Å²) >= 11 is 0. The third kappa shape index (κ3) is 5.56. The molecule has 1 aromatic carbocycles. The molecule has 6 heteroatoms. The molecule has 1 aliphatic heterocycles. The molecule has 0 radical (unpaired) electrons. The van der Waals surface area contributed by atoms with Crippen LogP contribution >= 0.6 is 0 Å². The molecule has 3 atom stereocenters. The predicted octanol–water partition coefficient (Wildman–Crippen LogP) is 5.68. The minimum atomic E-state index is 0.0786. The molecular formula is C28H32N4O2. The van der Waals surface area contributed by atoms with Crippen molar-refractivity contribution in [1.29, 1.82) is 0 Å². The highest BCUT2D eigenvalue weighted by molar-refractivity contribution is 5.75. The van der Waals surface area contributed by atoms with Crippen LogP contribution in [0.5, 0.6) is 11.6 Å². The molecular weight excluding hydrogens is 424 g/mol. The molecule has 2 fully saturated rings. The third-order valence-corrected chi connectivity index (χ3v) is 6.77. The van der Waals surface area contributed by atoms with E-state index in [2.05, 4.69) is 52.6 Å². The van der Waals surface area contributed by atoms with Gasteiger partial charge in [-0.2, -0.15) is 0 Å². The first-order valence-electron chi connectivity index (χ1n) is 12.2. The van der Waals surface area contributed by atoms with Crippen molar-refractivity contribution in [3.8, 4) is 11.6 Å². The molecule has 0 bridgehead atoms. The van der Waals surface area contributed by atoms with Crippen LogP contribution in [0, 0.1) is 18.8 Å². The van der Waals surface area contributed by atoms with E-state index < -0.39 is 0 Å². The van der Waals surface area contributed by atoms with Crippen molar-refractivity contribution in [1.82, 2.24) is 20.2 Å². The normalized spacial score (nSPS) is 23.8. The monoisotopic (exact) mass is 456 g/mol. The molecule has 2 amide bonds. The lowest BCUT2D eigenvalue weighted by Crippen LogP contribution is -2.44. The molecule has 2 heterocycles. The number of aryl methyl sites for hydroxylation is 1. The fourth-order valence-electron chi connectivity index (χ4n) is 4.59. The van der Waals surface area contributed by atoms with Crippen molar-refractivity contribution in [2.75, 3.05) is 13.1 Å². The van der Waals surface area contributed by atoms with Gasteiger partial charge in [-0.1, -0.05) is 48.9 Å². The van der Waals surface area contributed by atoms with E-state index in [-0.39, 0.29) is 12.1 Å². The lowest BCUT2D eigenvalue weighted by molar-refractivity contribution is 0.193. The van der Waals surface area contributed by atoms with Crippen molar-refractivity contribution in [2.24, 2.45) is 11.8 Å². The van der Waals surface area contributed by atoms with Gasteiger partial charge in [-0.25, -0.2) is 9.78 Å². The molecule has 176 valence electrons. The fourth-order valence-corrected chi connectivity index (χ4v) is 4.59. The van der Waals surface area contributed by atoms with Crippen LogP contribution in [0.4, 0.5) is 4.79 Å². The van der Waals surface area contributed by atoms with Crippen LogP contribution in [0.3, 0.4) is 0 Å². The average molecular weight is 457 g/mol. The molecule has 3 unspecified atom stereocenters. The van der Waals surface area contributed by atoms with Gasteiger partial charge in [0.15, 0.2) is 0 Å². The minimum Gasteiger partial charge on any atom is -0.437 e. The highest BCUT2D eigenvalue weighted by Gasteiger charge is 2.41. The summed E-state index contributed by atoms with van der Waals surface area (Å²) < 4.78 is 5.84. The number of allylic oxidation sites excluding steroid dienone is 3. The zero-order valence-electron chi connectivity index (χ0n) is 19.9. The highest BCUT2D eigenvalue weighted by Crippen LogP contribution is 2.40. The van der Waals surface area contributed by atoms with E-state index in [0.717, 1.165) is 55.8 Å². The maximum atomic E-state index is 12.8. The molecule has 3 aliphatic rings. The Morgan fingerprint density at radius 2 is 2.06 bits per heavy atom. The first kappa shape index (κ1) is 22.4. The number of hydrogen-bond donors (Lipinski definition) is 1. The Balaban J connectivity index is 1.11. The Morgan fingerprint density at radius 3 is 2.79 bits per heavy atom. The minimum absolute atomic E-state index is 0.0786. The number of hydrogen-bond acceptors (Lipinski definition) is 4. The number of rotatable bonds is 5. The maximum Gasteiger partial charge on any atom is 0.317 e. The van der Waals surface area contributed by atoms with Gasteiger partial charge in [0, 0.05) is 25.0 Å². The summed E-state index contributed by atoms with van der Waals surface area (Å²) in [5, 5.41) is 3.25. The summed E-state index contributed by atoms with van der Waals surface area (Å²) in [6.45, 7) is 5.64. The van der Waals surface area contributed by atoms with Crippen LogP contribution in [0.15, 0.2) is 66.0 Å². The predicted molar refractivity (Wildman–Crippen MR) is 133 cm³/mol. The maximum absolute atomic E-state index is 12.8. The summed E-state index contributed by atoms with van der Waals surface area (Å²) in [7, 11) is 0. The van der Waals surface area contributed by atoms with Crippen LogP contribution < -0.4 is 10.1 Å². The van der Waals surface area contributed by atoms with E-state index in [1.165, 1.54) is 11.1 Å². The first-order valence-corrected chi connectivity index (χ1v) is 12.2. The smallest absolute Gasteiger partial charge is 0.317 e. The van der Waals surface area contributed by atoms with E-state index in [1.807, 2.05) is 30.0 Å². The summed E-state index contributed by atoms with van der Waals surface area (Å²) in [6, 6.07) is 8.35. The molecule has 1 aromatic heterocycles. The number of piperidine rings is 1. The molecule has 0 spiro atoms. The van der Waals surface area contributed by atoms with Gasteiger partial charge in [0.1, 0.15) is 5.75 Å². The summed E-state index contributed by atoms with van der Waals surface area (Å²) in [6.07, 6.45) is 16.4. The number of benzene rings is 1. The summed E-state index contributed by atoms with van der Waals surface area (Å²) in [4.78, 5) is 23.2. The van der Waals surface area contributed by atoms with Gasteiger partial charge >= 0.3 is 6.03 Å². The largest absolute Gasteiger partial charge is 0.437 e. The van der Waals surface area contributed by atoms with Gasteiger partial charge in [0.25, 0.3) is 0 Å². The Morgan fingerprint density at radius 1 is 1.21 bits per heavy atom. The number of likely N-dealkylation sites (tertiary alicyclic amines) is 1. The molecule has 5 rings (SSSR count). The van der Waals surface area contributed by atoms with Crippen LogP contribution in [0.1, 0.15) is 43.9 Å². The number of carbonyl (C=O) groups excluding carboxylic acids is 1. The van der Waals surface area contributed by atoms with Gasteiger partial charge in [0.2, 0.25) is 5.88 Å². The standard InChI is InChI=1S/C28H32N4O2/c1-19-6-8-23(9-7-19)25-16-26(25)31-28(33)32-12-10-21(11-13-32)14-22-4-3-5-24(15-22)34-27-18-29-20(2)17-30-27/h3-6,8-9,14-15,17-19,25-26H,7,10-13,16H2,1-2H3,(H,31,33).